The number of aliphatic imine (C=N–C) groups is 1. The van der Waals surface area contributed by atoms with Gasteiger partial charge in [0.15, 0.2) is 0 Å². The SMILES string of the molecule is COc1cc(C(C)C)cc(C2(N=C=O)CCCC2)c1Cl. The van der Waals surface area contributed by atoms with Crippen LogP contribution in [0.1, 0.15) is 56.6 Å². The zero-order valence-electron chi connectivity index (χ0n) is 12.2. The van der Waals surface area contributed by atoms with Gasteiger partial charge in [0, 0.05) is 5.56 Å². The maximum Gasteiger partial charge on any atom is 0.235 e. The lowest BCUT2D eigenvalue weighted by Crippen LogP contribution is -2.20. The minimum atomic E-state index is -0.517. The van der Waals surface area contributed by atoms with Gasteiger partial charge in [0.1, 0.15) is 5.75 Å². The van der Waals surface area contributed by atoms with Gasteiger partial charge >= 0.3 is 0 Å². The van der Waals surface area contributed by atoms with Crippen molar-refractivity contribution in [1.29, 1.82) is 0 Å². The van der Waals surface area contributed by atoms with Crippen LogP contribution in [-0.2, 0) is 10.3 Å². The number of isocyanates is 1. The van der Waals surface area contributed by atoms with Gasteiger partial charge in [0.2, 0.25) is 6.08 Å². The second kappa shape index (κ2) is 5.99. The highest BCUT2D eigenvalue weighted by atomic mass is 35.5. The van der Waals surface area contributed by atoms with Gasteiger partial charge in [-0.2, -0.15) is 4.99 Å². The second-order valence-corrected chi connectivity index (χ2v) is 6.06. The maximum atomic E-state index is 10.9. The van der Waals surface area contributed by atoms with Gasteiger partial charge in [-0.15, -0.1) is 0 Å². The average molecular weight is 294 g/mol. The van der Waals surface area contributed by atoms with E-state index in [0.29, 0.717) is 16.7 Å². The van der Waals surface area contributed by atoms with E-state index in [9.17, 15) is 4.79 Å². The van der Waals surface area contributed by atoms with Crippen LogP contribution in [0.4, 0.5) is 0 Å². The molecule has 0 heterocycles. The van der Waals surface area contributed by atoms with Crippen molar-refractivity contribution in [3.63, 3.8) is 0 Å². The summed E-state index contributed by atoms with van der Waals surface area (Å²) in [7, 11) is 1.61. The Balaban J connectivity index is 2.64. The molecule has 0 N–H and O–H groups in total. The summed E-state index contributed by atoms with van der Waals surface area (Å²) in [5, 5.41) is 0.567. The van der Waals surface area contributed by atoms with Crippen LogP contribution in [0.25, 0.3) is 0 Å². The van der Waals surface area contributed by atoms with Gasteiger partial charge in [-0.05, 0) is 30.4 Å². The van der Waals surface area contributed by atoms with Crippen molar-refractivity contribution in [3.05, 3.63) is 28.3 Å². The second-order valence-electron chi connectivity index (χ2n) is 5.68. The summed E-state index contributed by atoms with van der Waals surface area (Å²) in [5.41, 5.74) is 1.54. The number of hydrogen-bond donors (Lipinski definition) is 0. The smallest absolute Gasteiger partial charge is 0.235 e. The van der Waals surface area contributed by atoms with Gasteiger partial charge in [-0.3, -0.25) is 0 Å². The summed E-state index contributed by atoms with van der Waals surface area (Å²) in [5.74, 6) is 1.01. The molecule has 1 aromatic rings. The molecule has 1 saturated carbocycles. The summed E-state index contributed by atoms with van der Waals surface area (Å²) in [6.07, 6.45) is 5.52. The molecule has 1 aromatic carbocycles. The monoisotopic (exact) mass is 293 g/mol. The highest BCUT2D eigenvalue weighted by Gasteiger charge is 2.38. The summed E-state index contributed by atoms with van der Waals surface area (Å²) in [4.78, 5) is 15.0. The van der Waals surface area contributed by atoms with Crippen LogP contribution in [0.15, 0.2) is 17.1 Å². The Bertz CT molecular complexity index is 542. The minimum Gasteiger partial charge on any atom is -0.495 e. The Morgan fingerprint density at radius 1 is 1.35 bits per heavy atom. The molecule has 20 heavy (non-hydrogen) atoms. The number of carbonyl (C=O) groups excluding carboxylic acids is 1. The van der Waals surface area contributed by atoms with Crippen LogP contribution in [0.5, 0.6) is 5.75 Å². The van der Waals surface area contributed by atoms with Crippen LogP contribution in [0, 0.1) is 0 Å². The number of ether oxygens (including phenoxy) is 1. The molecule has 0 bridgehead atoms. The van der Waals surface area contributed by atoms with E-state index in [0.717, 1.165) is 36.8 Å². The topological polar surface area (TPSA) is 38.7 Å². The highest BCUT2D eigenvalue weighted by molar-refractivity contribution is 6.33. The molecule has 0 saturated heterocycles. The number of hydrogen-bond acceptors (Lipinski definition) is 3. The van der Waals surface area contributed by atoms with E-state index in [1.54, 1.807) is 13.2 Å². The number of benzene rings is 1. The molecule has 0 aliphatic heterocycles. The molecule has 0 radical (unpaired) electrons. The van der Waals surface area contributed by atoms with E-state index >= 15 is 0 Å². The molecule has 0 unspecified atom stereocenters. The van der Waals surface area contributed by atoms with Gasteiger partial charge in [0.25, 0.3) is 0 Å². The maximum absolute atomic E-state index is 10.9. The number of halogens is 1. The predicted octanol–water partition coefficient (Wildman–Crippen LogP) is 4.58. The van der Waals surface area contributed by atoms with Crippen molar-refractivity contribution >= 4 is 17.7 Å². The molecule has 0 aromatic heterocycles. The van der Waals surface area contributed by atoms with Gasteiger partial charge in [0.05, 0.1) is 17.7 Å². The molecule has 0 atom stereocenters. The first-order valence-corrected chi connectivity index (χ1v) is 7.39. The summed E-state index contributed by atoms with van der Waals surface area (Å²) in [6, 6.07) is 4.03. The third-order valence-electron chi connectivity index (χ3n) is 4.14. The Morgan fingerprint density at radius 2 is 2.00 bits per heavy atom. The highest BCUT2D eigenvalue weighted by Crippen LogP contribution is 2.47. The fourth-order valence-corrected chi connectivity index (χ4v) is 3.29. The van der Waals surface area contributed by atoms with Gasteiger partial charge < -0.3 is 4.74 Å². The van der Waals surface area contributed by atoms with E-state index in [2.05, 4.69) is 24.9 Å². The van der Waals surface area contributed by atoms with Crippen LogP contribution in [-0.4, -0.2) is 13.2 Å². The van der Waals surface area contributed by atoms with Crippen LogP contribution in [0.2, 0.25) is 5.02 Å². The molecule has 3 nitrogen and oxygen atoms in total. The predicted molar refractivity (Wildman–Crippen MR) is 80.4 cm³/mol. The first-order valence-electron chi connectivity index (χ1n) is 7.01. The normalized spacial score (nSPS) is 17.1. The third kappa shape index (κ3) is 2.61. The van der Waals surface area contributed by atoms with Gasteiger partial charge in [-0.1, -0.05) is 44.4 Å². The lowest BCUT2D eigenvalue weighted by molar-refractivity contribution is 0.407. The number of rotatable bonds is 4. The van der Waals surface area contributed by atoms with Crippen molar-refractivity contribution < 1.29 is 9.53 Å². The third-order valence-corrected chi connectivity index (χ3v) is 4.53. The quantitative estimate of drug-likeness (QED) is 0.602. The lowest BCUT2D eigenvalue weighted by atomic mass is 9.86. The standard InChI is InChI=1S/C16H20ClNO2/c1-11(2)12-8-13(15(17)14(9-12)20-3)16(18-10-19)6-4-5-7-16/h8-9,11H,4-7H2,1-3H3. The molecule has 1 aliphatic carbocycles. The molecule has 4 heteroatoms. The molecule has 1 aliphatic rings. The van der Waals surface area contributed by atoms with Crippen molar-refractivity contribution in [2.45, 2.75) is 51.0 Å². The summed E-state index contributed by atoms with van der Waals surface area (Å²) < 4.78 is 5.39. The van der Waals surface area contributed by atoms with Crippen molar-refractivity contribution in [2.75, 3.05) is 7.11 Å². The Hall–Kier alpha value is -1.31. The minimum absolute atomic E-state index is 0.360. The first-order chi connectivity index (χ1) is 9.54. The van der Waals surface area contributed by atoms with Crippen LogP contribution < -0.4 is 4.74 Å². The lowest BCUT2D eigenvalue weighted by Gasteiger charge is -2.26. The molecule has 0 spiro atoms. The summed E-state index contributed by atoms with van der Waals surface area (Å²) in [6.45, 7) is 4.24. The molecule has 1 fully saturated rings. The first kappa shape index (κ1) is 15.1. The van der Waals surface area contributed by atoms with Crippen molar-refractivity contribution in [2.24, 2.45) is 4.99 Å². The fourth-order valence-electron chi connectivity index (χ4n) is 2.93. The molecule has 108 valence electrons. The zero-order chi connectivity index (χ0) is 14.8. The Kier molecular flexibility index (Phi) is 4.52. The largest absolute Gasteiger partial charge is 0.495 e. The summed E-state index contributed by atoms with van der Waals surface area (Å²) >= 11 is 6.48. The molecular weight excluding hydrogens is 274 g/mol. The average Bonchev–Trinajstić information content (AvgIpc) is 2.88. The van der Waals surface area contributed by atoms with E-state index in [1.807, 2.05) is 6.07 Å². The zero-order valence-corrected chi connectivity index (χ0v) is 13.0. The number of methoxy groups -OCH3 is 1. The van der Waals surface area contributed by atoms with Crippen molar-refractivity contribution in [1.82, 2.24) is 0 Å². The Labute approximate surface area is 125 Å². The molecule has 2 rings (SSSR count). The van der Waals surface area contributed by atoms with Crippen molar-refractivity contribution in [3.8, 4) is 5.75 Å². The van der Waals surface area contributed by atoms with E-state index in [4.69, 9.17) is 16.3 Å². The van der Waals surface area contributed by atoms with Crippen LogP contribution >= 0.6 is 11.6 Å². The fraction of sp³-hybridized carbons (Fsp3) is 0.562. The van der Waals surface area contributed by atoms with E-state index in [1.165, 1.54) is 0 Å². The molecule has 0 amide bonds. The van der Waals surface area contributed by atoms with E-state index < -0.39 is 5.54 Å². The number of nitrogens with zero attached hydrogens (tertiary/aromatic N) is 1. The van der Waals surface area contributed by atoms with Gasteiger partial charge in [-0.25, -0.2) is 4.79 Å². The Morgan fingerprint density at radius 3 is 2.50 bits per heavy atom. The van der Waals surface area contributed by atoms with E-state index in [-0.39, 0.29) is 0 Å². The molecular formula is C16H20ClNO2. The van der Waals surface area contributed by atoms with Crippen LogP contribution in [0.3, 0.4) is 0 Å².